The number of hydrogen-bond acceptors (Lipinski definition) is 4. The molecule has 0 fully saturated rings. The predicted octanol–water partition coefficient (Wildman–Crippen LogP) is 2.82. The summed E-state index contributed by atoms with van der Waals surface area (Å²) in [6.45, 7) is 0.392. The van der Waals surface area contributed by atoms with Crippen LogP contribution in [0.15, 0.2) is 42.5 Å². The van der Waals surface area contributed by atoms with E-state index in [2.05, 4.69) is 6.07 Å². The number of benzene rings is 2. The number of rotatable bonds is 4. The van der Waals surface area contributed by atoms with E-state index in [-0.39, 0.29) is 0 Å². The topological polar surface area (TPSA) is 68.3 Å². The first-order chi connectivity index (χ1) is 9.28. The maximum absolute atomic E-state index is 9.14. The minimum atomic E-state index is 0.392. The van der Waals surface area contributed by atoms with E-state index in [4.69, 9.17) is 20.5 Å². The zero-order valence-corrected chi connectivity index (χ0v) is 10.6. The molecule has 0 aliphatic rings. The van der Waals surface area contributed by atoms with Gasteiger partial charge in [0.25, 0.3) is 0 Å². The molecule has 2 aromatic rings. The summed E-state index contributed by atoms with van der Waals surface area (Å²) < 4.78 is 10.9. The van der Waals surface area contributed by atoms with Gasteiger partial charge in [0.1, 0.15) is 11.8 Å². The second-order valence-corrected chi connectivity index (χ2v) is 3.90. The molecule has 0 atom stereocenters. The Morgan fingerprint density at radius 3 is 2.47 bits per heavy atom. The highest BCUT2D eigenvalue weighted by atomic mass is 16.5. The summed E-state index contributed by atoms with van der Waals surface area (Å²) in [5.74, 6) is 1.68. The highest BCUT2D eigenvalue weighted by molar-refractivity contribution is 5.49. The van der Waals surface area contributed by atoms with Gasteiger partial charge >= 0.3 is 0 Å². The van der Waals surface area contributed by atoms with Crippen molar-refractivity contribution in [3.63, 3.8) is 0 Å². The van der Waals surface area contributed by atoms with Crippen LogP contribution in [0.2, 0.25) is 0 Å². The Bertz CT molecular complexity index is 618. The van der Waals surface area contributed by atoms with Crippen LogP contribution in [0.1, 0.15) is 11.1 Å². The fourth-order valence-corrected chi connectivity index (χ4v) is 1.70. The molecule has 2 N–H and O–H groups in total. The Labute approximate surface area is 112 Å². The average molecular weight is 254 g/mol. The summed E-state index contributed by atoms with van der Waals surface area (Å²) in [5.41, 5.74) is 6.90. The van der Waals surface area contributed by atoms with Gasteiger partial charge in [-0.15, -0.1) is 0 Å². The van der Waals surface area contributed by atoms with Crippen LogP contribution >= 0.6 is 0 Å². The van der Waals surface area contributed by atoms with Crippen LogP contribution in [0.25, 0.3) is 0 Å². The molecule has 19 heavy (non-hydrogen) atoms. The lowest BCUT2D eigenvalue weighted by Crippen LogP contribution is -1.98. The molecule has 4 nitrogen and oxygen atoms in total. The SMILES string of the molecule is COc1ccccc1Oc1ccc(CN)cc1C#N. The fourth-order valence-electron chi connectivity index (χ4n) is 1.70. The Morgan fingerprint density at radius 2 is 1.84 bits per heavy atom. The van der Waals surface area contributed by atoms with Crippen molar-refractivity contribution in [2.75, 3.05) is 7.11 Å². The van der Waals surface area contributed by atoms with E-state index in [1.165, 1.54) is 0 Å². The van der Waals surface area contributed by atoms with E-state index in [1.807, 2.05) is 18.2 Å². The minimum absolute atomic E-state index is 0.392. The molecule has 0 aromatic heterocycles. The number of nitriles is 1. The van der Waals surface area contributed by atoms with Crippen molar-refractivity contribution in [1.82, 2.24) is 0 Å². The molecule has 0 heterocycles. The summed E-state index contributed by atoms with van der Waals surface area (Å²) in [6.07, 6.45) is 0. The molecule has 0 aliphatic carbocycles. The van der Waals surface area contributed by atoms with Gasteiger partial charge in [0.15, 0.2) is 11.5 Å². The van der Waals surface area contributed by atoms with Gasteiger partial charge in [-0.25, -0.2) is 0 Å². The molecular formula is C15H14N2O2. The van der Waals surface area contributed by atoms with Gasteiger partial charge in [0, 0.05) is 6.54 Å². The number of nitrogens with two attached hydrogens (primary N) is 1. The second kappa shape index (κ2) is 5.89. The van der Waals surface area contributed by atoms with Crippen molar-refractivity contribution in [2.45, 2.75) is 6.54 Å². The third kappa shape index (κ3) is 2.84. The van der Waals surface area contributed by atoms with Gasteiger partial charge in [-0.2, -0.15) is 5.26 Å². The van der Waals surface area contributed by atoms with Crippen molar-refractivity contribution in [1.29, 1.82) is 5.26 Å². The largest absolute Gasteiger partial charge is 0.493 e. The van der Waals surface area contributed by atoms with Crippen molar-refractivity contribution in [3.8, 4) is 23.3 Å². The summed E-state index contributed by atoms with van der Waals surface area (Å²) in [7, 11) is 1.57. The molecule has 2 rings (SSSR count). The predicted molar refractivity (Wildman–Crippen MR) is 72.1 cm³/mol. The minimum Gasteiger partial charge on any atom is -0.493 e. The van der Waals surface area contributed by atoms with Gasteiger partial charge in [-0.05, 0) is 29.8 Å². The molecule has 4 heteroatoms. The molecule has 0 radical (unpaired) electrons. The fraction of sp³-hybridized carbons (Fsp3) is 0.133. The first-order valence-corrected chi connectivity index (χ1v) is 5.82. The van der Waals surface area contributed by atoms with Crippen LogP contribution < -0.4 is 15.2 Å². The zero-order valence-electron chi connectivity index (χ0n) is 10.6. The van der Waals surface area contributed by atoms with E-state index in [1.54, 1.807) is 31.4 Å². The van der Waals surface area contributed by atoms with E-state index in [0.29, 0.717) is 29.4 Å². The van der Waals surface area contributed by atoms with Crippen LogP contribution in [0, 0.1) is 11.3 Å². The van der Waals surface area contributed by atoms with Crippen LogP contribution in [0.4, 0.5) is 0 Å². The zero-order chi connectivity index (χ0) is 13.7. The summed E-state index contributed by atoms with van der Waals surface area (Å²) in [6, 6.07) is 14.7. The lowest BCUT2D eigenvalue weighted by Gasteiger charge is -2.11. The molecule has 0 aliphatic heterocycles. The van der Waals surface area contributed by atoms with Crippen molar-refractivity contribution >= 4 is 0 Å². The second-order valence-electron chi connectivity index (χ2n) is 3.90. The Morgan fingerprint density at radius 1 is 1.11 bits per heavy atom. The first-order valence-electron chi connectivity index (χ1n) is 5.82. The quantitative estimate of drug-likeness (QED) is 0.910. The number of ether oxygens (including phenoxy) is 2. The third-order valence-electron chi connectivity index (χ3n) is 2.69. The van der Waals surface area contributed by atoms with Crippen molar-refractivity contribution in [3.05, 3.63) is 53.6 Å². The first kappa shape index (κ1) is 12.9. The average Bonchev–Trinajstić information content (AvgIpc) is 2.48. The maximum atomic E-state index is 9.14. The highest BCUT2D eigenvalue weighted by Gasteiger charge is 2.09. The highest BCUT2D eigenvalue weighted by Crippen LogP contribution is 2.32. The molecule has 0 bridgehead atoms. The third-order valence-corrected chi connectivity index (χ3v) is 2.69. The van der Waals surface area contributed by atoms with Crippen molar-refractivity contribution in [2.24, 2.45) is 5.73 Å². The molecule has 2 aromatic carbocycles. The summed E-state index contributed by atoms with van der Waals surface area (Å²) >= 11 is 0. The van der Waals surface area contributed by atoms with E-state index in [9.17, 15) is 0 Å². The van der Waals surface area contributed by atoms with E-state index in [0.717, 1.165) is 5.56 Å². The molecule has 96 valence electrons. The Balaban J connectivity index is 2.36. The molecule has 0 saturated heterocycles. The molecule has 0 saturated carbocycles. The van der Waals surface area contributed by atoms with Crippen LogP contribution in [0.3, 0.4) is 0 Å². The van der Waals surface area contributed by atoms with Gasteiger partial charge in [0.05, 0.1) is 12.7 Å². The smallest absolute Gasteiger partial charge is 0.169 e. The van der Waals surface area contributed by atoms with Crippen LogP contribution in [-0.4, -0.2) is 7.11 Å². The molecule has 0 amide bonds. The molecular weight excluding hydrogens is 240 g/mol. The maximum Gasteiger partial charge on any atom is 0.169 e. The Kier molecular flexibility index (Phi) is 4.01. The number of para-hydroxylation sites is 2. The van der Waals surface area contributed by atoms with E-state index < -0.39 is 0 Å². The monoisotopic (exact) mass is 254 g/mol. The van der Waals surface area contributed by atoms with Gasteiger partial charge in [0.2, 0.25) is 0 Å². The van der Waals surface area contributed by atoms with Crippen LogP contribution in [0.5, 0.6) is 17.2 Å². The summed E-state index contributed by atoms with van der Waals surface area (Å²) in [4.78, 5) is 0. The number of methoxy groups -OCH3 is 1. The van der Waals surface area contributed by atoms with Gasteiger partial charge in [-0.3, -0.25) is 0 Å². The summed E-state index contributed by atoms with van der Waals surface area (Å²) in [5, 5.41) is 9.14. The molecule has 0 spiro atoms. The van der Waals surface area contributed by atoms with Gasteiger partial charge in [-0.1, -0.05) is 18.2 Å². The number of hydrogen-bond donors (Lipinski definition) is 1. The molecule has 0 unspecified atom stereocenters. The lowest BCUT2D eigenvalue weighted by atomic mass is 10.1. The van der Waals surface area contributed by atoms with Gasteiger partial charge < -0.3 is 15.2 Å². The van der Waals surface area contributed by atoms with E-state index >= 15 is 0 Å². The standard InChI is InChI=1S/C15H14N2O2/c1-18-14-4-2-3-5-15(14)19-13-7-6-11(9-16)8-12(13)10-17/h2-8H,9,16H2,1H3. The van der Waals surface area contributed by atoms with Crippen LogP contribution in [-0.2, 0) is 6.54 Å². The number of nitrogens with zero attached hydrogens (tertiary/aromatic N) is 1. The van der Waals surface area contributed by atoms with Crippen molar-refractivity contribution < 1.29 is 9.47 Å². The normalized spacial score (nSPS) is 9.74. The lowest BCUT2D eigenvalue weighted by molar-refractivity contribution is 0.378. The Hall–Kier alpha value is -2.51.